The zero-order chi connectivity index (χ0) is 15.8. The van der Waals surface area contributed by atoms with Crippen molar-refractivity contribution in [1.82, 2.24) is 0 Å². The van der Waals surface area contributed by atoms with Crippen LogP contribution >= 0.6 is 0 Å². The van der Waals surface area contributed by atoms with Crippen LogP contribution in [0, 0.1) is 6.92 Å². The van der Waals surface area contributed by atoms with Gasteiger partial charge in [-0.05, 0) is 43.9 Å². The number of esters is 1. The zero-order valence-electron chi connectivity index (χ0n) is 13.3. The monoisotopic (exact) mass is 308 g/mol. The van der Waals surface area contributed by atoms with Crippen molar-refractivity contribution < 1.29 is 23.7 Å². The molecule has 22 heavy (non-hydrogen) atoms. The van der Waals surface area contributed by atoms with Crippen molar-refractivity contribution >= 4 is 5.97 Å². The van der Waals surface area contributed by atoms with Gasteiger partial charge in [-0.2, -0.15) is 0 Å². The molecule has 2 rings (SSSR count). The first-order chi connectivity index (χ1) is 10.7. The Bertz CT molecular complexity index is 480. The molecule has 1 fully saturated rings. The molecule has 0 unspecified atom stereocenters. The Hall–Kier alpha value is -1.59. The van der Waals surface area contributed by atoms with E-state index < -0.39 is 0 Å². The van der Waals surface area contributed by atoms with Crippen LogP contribution < -0.4 is 4.74 Å². The molecule has 0 aliphatic carbocycles. The van der Waals surface area contributed by atoms with Crippen LogP contribution in [0.25, 0.3) is 0 Å². The quantitative estimate of drug-likeness (QED) is 0.572. The highest BCUT2D eigenvalue weighted by atomic mass is 16.7. The average Bonchev–Trinajstić information content (AvgIpc) is 2.55. The zero-order valence-corrected chi connectivity index (χ0v) is 13.3. The predicted octanol–water partition coefficient (Wildman–Crippen LogP) is 3.09. The lowest BCUT2D eigenvalue weighted by atomic mass is 10.1. The normalized spacial score (nSPS) is 18.0. The van der Waals surface area contributed by atoms with Crippen LogP contribution in [0.2, 0.25) is 0 Å². The van der Waals surface area contributed by atoms with Gasteiger partial charge in [0.1, 0.15) is 5.75 Å². The number of hydrogen-bond donors (Lipinski definition) is 0. The van der Waals surface area contributed by atoms with E-state index in [-0.39, 0.29) is 12.3 Å². The number of methoxy groups -OCH3 is 1. The standard InChI is InChI=1S/C17H24O5/c1-13-7-8-14(12-15(13)19-2)17(18)22-11-5-10-21-16-6-3-4-9-20-16/h7-8,12,16H,3-6,9-11H2,1-2H3/t16-/m1/s1. The molecule has 1 heterocycles. The second-order valence-electron chi connectivity index (χ2n) is 5.34. The van der Waals surface area contributed by atoms with Crippen molar-refractivity contribution in [3.8, 4) is 5.75 Å². The highest BCUT2D eigenvalue weighted by Gasteiger charge is 2.14. The number of rotatable bonds is 7. The van der Waals surface area contributed by atoms with Crippen LogP contribution in [0.1, 0.15) is 41.6 Å². The van der Waals surface area contributed by atoms with Crippen LogP contribution in [0.15, 0.2) is 18.2 Å². The van der Waals surface area contributed by atoms with Gasteiger partial charge in [-0.15, -0.1) is 0 Å². The molecule has 5 heteroatoms. The molecule has 1 aromatic rings. The molecule has 5 nitrogen and oxygen atoms in total. The molecule has 0 N–H and O–H groups in total. The first-order valence-corrected chi connectivity index (χ1v) is 7.75. The lowest BCUT2D eigenvalue weighted by molar-refractivity contribution is -0.163. The van der Waals surface area contributed by atoms with Crippen molar-refractivity contribution in [2.45, 2.75) is 38.9 Å². The van der Waals surface area contributed by atoms with Crippen molar-refractivity contribution in [3.05, 3.63) is 29.3 Å². The van der Waals surface area contributed by atoms with Crippen molar-refractivity contribution in [2.75, 3.05) is 26.9 Å². The van der Waals surface area contributed by atoms with E-state index in [9.17, 15) is 4.79 Å². The Labute approximate surface area is 131 Å². The lowest BCUT2D eigenvalue weighted by Crippen LogP contribution is -2.23. The van der Waals surface area contributed by atoms with Crippen molar-refractivity contribution in [3.63, 3.8) is 0 Å². The fourth-order valence-electron chi connectivity index (χ4n) is 2.31. The summed E-state index contributed by atoms with van der Waals surface area (Å²) in [6.45, 7) is 3.57. The summed E-state index contributed by atoms with van der Waals surface area (Å²) in [4.78, 5) is 11.9. The maximum absolute atomic E-state index is 11.9. The summed E-state index contributed by atoms with van der Waals surface area (Å²) in [6, 6.07) is 5.29. The maximum atomic E-state index is 11.9. The van der Waals surface area contributed by atoms with Crippen LogP contribution in [-0.4, -0.2) is 39.2 Å². The van der Waals surface area contributed by atoms with Gasteiger partial charge in [-0.3, -0.25) is 0 Å². The third kappa shape index (κ3) is 5.00. The van der Waals surface area contributed by atoms with Crippen molar-refractivity contribution in [2.24, 2.45) is 0 Å². The SMILES string of the molecule is COc1cc(C(=O)OCCCO[C@@H]2CCCCO2)ccc1C. The number of benzene rings is 1. The van der Waals surface area contributed by atoms with E-state index >= 15 is 0 Å². The molecular weight excluding hydrogens is 284 g/mol. The van der Waals surface area contributed by atoms with Crippen LogP contribution in [0.3, 0.4) is 0 Å². The van der Waals surface area contributed by atoms with Gasteiger partial charge in [0.15, 0.2) is 6.29 Å². The molecule has 1 aliphatic heterocycles. The average molecular weight is 308 g/mol. The summed E-state index contributed by atoms with van der Waals surface area (Å²) >= 11 is 0. The van der Waals surface area contributed by atoms with Crippen LogP contribution in [-0.2, 0) is 14.2 Å². The topological polar surface area (TPSA) is 54.0 Å². The largest absolute Gasteiger partial charge is 0.496 e. The number of carbonyl (C=O) groups is 1. The number of ether oxygens (including phenoxy) is 4. The molecular formula is C17H24O5. The Morgan fingerprint density at radius 2 is 2.18 bits per heavy atom. The van der Waals surface area contributed by atoms with Crippen LogP contribution in [0.4, 0.5) is 0 Å². The Balaban J connectivity index is 1.67. The first kappa shape index (κ1) is 16.8. The first-order valence-electron chi connectivity index (χ1n) is 7.75. The molecule has 0 radical (unpaired) electrons. The summed E-state index contributed by atoms with van der Waals surface area (Å²) in [6.07, 6.45) is 3.77. The van der Waals surface area contributed by atoms with Crippen molar-refractivity contribution in [1.29, 1.82) is 0 Å². The van der Waals surface area contributed by atoms with Gasteiger partial charge in [0.25, 0.3) is 0 Å². The minimum atomic E-state index is -0.341. The summed E-state index contributed by atoms with van der Waals surface area (Å²) < 4.78 is 21.5. The van der Waals surface area contributed by atoms with Gasteiger partial charge in [-0.1, -0.05) is 6.07 Å². The van der Waals surface area contributed by atoms with Gasteiger partial charge in [0.2, 0.25) is 0 Å². The molecule has 0 amide bonds. The van der Waals surface area contributed by atoms with Gasteiger partial charge in [0, 0.05) is 13.0 Å². The second kappa shape index (κ2) is 8.76. The van der Waals surface area contributed by atoms with Crippen LogP contribution in [0.5, 0.6) is 5.75 Å². The smallest absolute Gasteiger partial charge is 0.338 e. The number of hydrogen-bond acceptors (Lipinski definition) is 5. The van der Waals surface area contributed by atoms with E-state index in [0.717, 1.165) is 31.4 Å². The lowest BCUT2D eigenvalue weighted by Gasteiger charge is -2.22. The Morgan fingerprint density at radius 1 is 1.32 bits per heavy atom. The minimum absolute atomic E-state index is 0.0918. The number of aryl methyl sites for hydroxylation is 1. The summed E-state index contributed by atoms with van der Waals surface area (Å²) in [5.41, 5.74) is 1.49. The maximum Gasteiger partial charge on any atom is 0.338 e. The van der Waals surface area contributed by atoms with Gasteiger partial charge in [-0.25, -0.2) is 4.79 Å². The van der Waals surface area contributed by atoms with E-state index in [1.165, 1.54) is 0 Å². The second-order valence-corrected chi connectivity index (χ2v) is 5.34. The van der Waals surface area contributed by atoms with Gasteiger partial charge < -0.3 is 18.9 Å². The molecule has 1 atom stereocenters. The van der Waals surface area contributed by atoms with E-state index in [2.05, 4.69) is 0 Å². The minimum Gasteiger partial charge on any atom is -0.496 e. The van der Waals surface area contributed by atoms with E-state index in [1.807, 2.05) is 13.0 Å². The summed E-state index contributed by atoms with van der Waals surface area (Å²) in [5, 5.41) is 0. The third-order valence-electron chi connectivity index (χ3n) is 3.61. The fraction of sp³-hybridized carbons (Fsp3) is 0.588. The fourth-order valence-corrected chi connectivity index (χ4v) is 2.31. The molecule has 122 valence electrons. The molecule has 0 aromatic heterocycles. The van der Waals surface area contributed by atoms with Gasteiger partial charge in [0.05, 0.1) is 25.9 Å². The Morgan fingerprint density at radius 3 is 2.91 bits per heavy atom. The van der Waals surface area contributed by atoms with E-state index in [4.69, 9.17) is 18.9 Å². The molecule has 0 saturated carbocycles. The molecule has 1 aliphatic rings. The highest BCUT2D eigenvalue weighted by Crippen LogP contribution is 2.19. The Kier molecular flexibility index (Phi) is 6.68. The number of carbonyl (C=O) groups excluding carboxylic acids is 1. The van der Waals surface area contributed by atoms with E-state index in [1.54, 1.807) is 19.2 Å². The molecule has 1 aromatic carbocycles. The molecule has 0 bridgehead atoms. The van der Waals surface area contributed by atoms with E-state index in [0.29, 0.717) is 30.9 Å². The molecule has 0 spiro atoms. The summed E-state index contributed by atoms with van der Waals surface area (Å²) in [7, 11) is 1.59. The summed E-state index contributed by atoms with van der Waals surface area (Å²) in [5.74, 6) is 0.347. The highest BCUT2D eigenvalue weighted by molar-refractivity contribution is 5.90. The van der Waals surface area contributed by atoms with Gasteiger partial charge >= 0.3 is 5.97 Å². The predicted molar refractivity (Wildman–Crippen MR) is 82.2 cm³/mol. The molecule has 1 saturated heterocycles. The third-order valence-corrected chi connectivity index (χ3v) is 3.61.